The van der Waals surface area contributed by atoms with E-state index in [0.29, 0.717) is 29.5 Å². The highest BCUT2D eigenvalue weighted by atomic mass is 32.2. The van der Waals surface area contributed by atoms with Crippen LogP contribution in [0, 0.1) is 0 Å². The number of ether oxygens (including phenoxy) is 1. The molecule has 0 heterocycles. The summed E-state index contributed by atoms with van der Waals surface area (Å²) in [6, 6.07) is 15.8. The van der Waals surface area contributed by atoms with Crippen molar-refractivity contribution in [2.45, 2.75) is 43.9 Å². The van der Waals surface area contributed by atoms with Gasteiger partial charge >= 0.3 is 22.3 Å². The summed E-state index contributed by atoms with van der Waals surface area (Å²) in [5.74, 6) is 0.528. The molecule has 0 fully saturated rings. The summed E-state index contributed by atoms with van der Waals surface area (Å²) in [4.78, 5) is 14.0. The third kappa shape index (κ3) is 7.39. The third-order valence-electron chi connectivity index (χ3n) is 5.64. The molecule has 37 heavy (non-hydrogen) atoms. The Morgan fingerprint density at radius 2 is 1.68 bits per heavy atom. The molecule has 0 bridgehead atoms. The van der Waals surface area contributed by atoms with Gasteiger partial charge in [-0.15, -0.1) is 0 Å². The van der Waals surface area contributed by atoms with Crippen molar-refractivity contribution in [3.8, 4) is 11.5 Å². The maximum Gasteiger partial charge on any atom is 0.416 e. The number of nitrogens with one attached hydrogen (secondary N) is 1. The van der Waals surface area contributed by atoms with E-state index in [4.69, 9.17) is 8.92 Å². The lowest BCUT2D eigenvalue weighted by atomic mass is 10.1. The molecule has 0 aliphatic heterocycles. The fourth-order valence-electron chi connectivity index (χ4n) is 3.39. The summed E-state index contributed by atoms with van der Waals surface area (Å²) in [6.07, 6.45) is -3.99. The number of alkyl halides is 3. The Bertz CT molecular complexity index is 1330. The molecule has 0 spiro atoms. The number of amides is 2. The van der Waals surface area contributed by atoms with Crippen LogP contribution in [0.25, 0.3) is 0 Å². The highest BCUT2D eigenvalue weighted by Gasteiger charge is 2.32. The van der Waals surface area contributed by atoms with Crippen molar-refractivity contribution < 1.29 is 35.3 Å². The SMILES string of the molecule is CCC(C)N(Cc1ccc(OS(=O)(=O)c2cccc(C(F)(F)F)c2)cc1)C(=O)Nc1cccc(OC)c1. The van der Waals surface area contributed by atoms with Crippen molar-refractivity contribution >= 4 is 21.8 Å². The molecule has 1 N–H and O–H groups in total. The van der Waals surface area contributed by atoms with Gasteiger partial charge < -0.3 is 19.1 Å². The number of anilines is 1. The molecule has 3 aromatic rings. The van der Waals surface area contributed by atoms with E-state index in [-0.39, 0.29) is 24.4 Å². The molecule has 0 aliphatic rings. The molecule has 1 atom stereocenters. The van der Waals surface area contributed by atoms with Crippen LogP contribution in [0.15, 0.2) is 77.7 Å². The predicted octanol–water partition coefficient (Wildman–Crippen LogP) is 6.31. The van der Waals surface area contributed by atoms with Crippen molar-refractivity contribution in [3.63, 3.8) is 0 Å². The van der Waals surface area contributed by atoms with Crippen molar-refractivity contribution in [3.05, 3.63) is 83.9 Å². The van der Waals surface area contributed by atoms with Crippen LogP contribution >= 0.6 is 0 Å². The Morgan fingerprint density at radius 3 is 2.30 bits per heavy atom. The minimum atomic E-state index is -4.69. The molecule has 0 saturated heterocycles. The van der Waals surface area contributed by atoms with Crippen molar-refractivity contribution in [1.82, 2.24) is 4.90 Å². The number of carbonyl (C=O) groups is 1. The van der Waals surface area contributed by atoms with Gasteiger partial charge in [-0.3, -0.25) is 0 Å². The summed E-state index contributed by atoms with van der Waals surface area (Å²) < 4.78 is 74.1. The Balaban J connectivity index is 1.73. The molecule has 1 unspecified atom stereocenters. The first-order valence-electron chi connectivity index (χ1n) is 11.4. The van der Waals surface area contributed by atoms with Crippen LogP contribution in [0.4, 0.5) is 23.7 Å². The Hall–Kier alpha value is -3.73. The molecule has 7 nitrogen and oxygen atoms in total. The van der Waals surface area contributed by atoms with Gasteiger partial charge in [0.25, 0.3) is 0 Å². The number of halogens is 3. The van der Waals surface area contributed by atoms with E-state index >= 15 is 0 Å². The zero-order chi connectivity index (χ0) is 27.2. The van der Waals surface area contributed by atoms with Gasteiger partial charge in [-0.25, -0.2) is 4.79 Å². The number of hydrogen-bond acceptors (Lipinski definition) is 5. The number of rotatable bonds is 9. The Labute approximate surface area is 213 Å². The summed E-state index contributed by atoms with van der Waals surface area (Å²) in [6.45, 7) is 4.09. The smallest absolute Gasteiger partial charge is 0.416 e. The zero-order valence-electron chi connectivity index (χ0n) is 20.5. The van der Waals surface area contributed by atoms with Crippen LogP contribution in [-0.4, -0.2) is 32.5 Å². The first-order valence-corrected chi connectivity index (χ1v) is 12.8. The first kappa shape index (κ1) is 27.9. The fraction of sp³-hybridized carbons (Fsp3) is 0.269. The second-order valence-electron chi connectivity index (χ2n) is 8.25. The van der Waals surface area contributed by atoms with Gasteiger partial charge in [0, 0.05) is 24.3 Å². The number of hydrogen-bond donors (Lipinski definition) is 1. The van der Waals surface area contributed by atoms with E-state index in [1.807, 2.05) is 13.8 Å². The second-order valence-corrected chi connectivity index (χ2v) is 9.80. The van der Waals surface area contributed by atoms with E-state index in [0.717, 1.165) is 18.2 Å². The quantitative estimate of drug-likeness (QED) is 0.324. The molecular weight excluding hydrogens is 509 g/mol. The molecule has 2 amide bonds. The standard InChI is InChI=1S/C26H27F3N2O5S/c1-4-18(2)31(25(32)30-21-8-6-9-23(16-21)35-3)17-19-11-13-22(14-12-19)36-37(33,34)24-10-5-7-20(15-24)26(27,28)29/h5-16,18H,4,17H2,1-3H3,(H,30,32). The second kappa shape index (κ2) is 11.5. The average molecular weight is 537 g/mol. The van der Waals surface area contributed by atoms with Crippen molar-refractivity contribution in [2.24, 2.45) is 0 Å². The molecular formula is C26H27F3N2O5S. The minimum absolute atomic E-state index is 0.0721. The number of nitrogens with zero attached hydrogens (tertiary/aromatic N) is 1. The summed E-state index contributed by atoms with van der Waals surface area (Å²) in [5.41, 5.74) is 0.177. The maximum absolute atomic E-state index is 13.0. The van der Waals surface area contributed by atoms with Crippen molar-refractivity contribution in [2.75, 3.05) is 12.4 Å². The molecule has 0 saturated carbocycles. The molecule has 0 aliphatic carbocycles. The minimum Gasteiger partial charge on any atom is -0.497 e. The van der Waals surface area contributed by atoms with Crippen LogP contribution in [0.5, 0.6) is 11.5 Å². The molecule has 3 rings (SSSR count). The number of urea groups is 1. The van der Waals surface area contributed by atoms with E-state index < -0.39 is 26.8 Å². The Kier molecular flexibility index (Phi) is 8.69. The van der Waals surface area contributed by atoms with Gasteiger partial charge in [-0.2, -0.15) is 21.6 Å². The summed E-state index contributed by atoms with van der Waals surface area (Å²) in [5, 5.41) is 2.85. The molecule has 0 aromatic heterocycles. The van der Waals surface area contributed by atoms with E-state index in [2.05, 4.69) is 5.32 Å². The van der Waals surface area contributed by atoms with Crippen molar-refractivity contribution in [1.29, 1.82) is 0 Å². The maximum atomic E-state index is 13.0. The first-order chi connectivity index (χ1) is 17.4. The monoisotopic (exact) mass is 536 g/mol. The number of carbonyl (C=O) groups excluding carboxylic acids is 1. The molecule has 3 aromatic carbocycles. The normalized spacial score (nSPS) is 12.5. The lowest BCUT2D eigenvalue weighted by Crippen LogP contribution is -2.40. The van der Waals surface area contributed by atoms with Crippen LogP contribution in [0.3, 0.4) is 0 Å². The molecule has 11 heteroatoms. The predicted molar refractivity (Wildman–Crippen MR) is 133 cm³/mol. The highest BCUT2D eigenvalue weighted by Crippen LogP contribution is 2.31. The number of benzene rings is 3. The molecule has 0 radical (unpaired) electrons. The van der Waals surface area contributed by atoms with Gasteiger partial charge in [0.15, 0.2) is 0 Å². The highest BCUT2D eigenvalue weighted by molar-refractivity contribution is 7.87. The fourth-order valence-corrected chi connectivity index (χ4v) is 4.37. The van der Waals surface area contributed by atoms with Crippen LogP contribution in [0.2, 0.25) is 0 Å². The van der Waals surface area contributed by atoms with Crippen LogP contribution in [0.1, 0.15) is 31.4 Å². The van der Waals surface area contributed by atoms with E-state index in [1.165, 1.54) is 19.2 Å². The largest absolute Gasteiger partial charge is 0.497 e. The summed E-state index contributed by atoms with van der Waals surface area (Å²) >= 11 is 0. The zero-order valence-corrected chi connectivity index (χ0v) is 21.3. The van der Waals surface area contributed by atoms with E-state index in [1.54, 1.807) is 41.3 Å². The Morgan fingerprint density at radius 1 is 1.00 bits per heavy atom. The van der Waals surface area contributed by atoms with E-state index in [9.17, 15) is 26.4 Å². The van der Waals surface area contributed by atoms with Crippen LogP contribution < -0.4 is 14.2 Å². The van der Waals surface area contributed by atoms with Gasteiger partial charge in [-0.1, -0.05) is 31.2 Å². The average Bonchev–Trinajstić information content (AvgIpc) is 2.87. The molecule has 198 valence electrons. The van der Waals surface area contributed by atoms with Crippen LogP contribution in [-0.2, 0) is 22.8 Å². The van der Waals surface area contributed by atoms with Gasteiger partial charge in [0.2, 0.25) is 0 Å². The topological polar surface area (TPSA) is 84.9 Å². The van der Waals surface area contributed by atoms with Gasteiger partial charge in [0.05, 0.1) is 12.7 Å². The number of methoxy groups -OCH3 is 1. The summed E-state index contributed by atoms with van der Waals surface area (Å²) in [7, 11) is -2.96. The van der Waals surface area contributed by atoms with Gasteiger partial charge in [0.1, 0.15) is 16.4 Å². The third-order valence-corrected chi connectivity index (χ3v) is 6.88. The lowest BCUT2D eigenvalue weighted by molar-refractivity contribution is -0.137. The lowest BCUT2D eigenvalue weighted by Gasteiger charge is -2.29. The van der Waals surface area contributed by atoms with Gasteiger partial charge in [-0.05, 0) is 61.4 Å².